The Morgan fingerprint density at radius 2 is 1.61 bits per heavy atom. The molecule has 0 spiro atoms. The third-order valence-corrected chi connectivity index (χ3v) is 6.84. The van der Waals surface area contributed by atoms with Gasteiger partial charge < -0.3 is 15.4 Å². The summed E-state index contributed by atoms with van der Waals surface area (Å²) in [7, 11) is 0. The lowest BCUT2D eigenvalue weighted by atomic mass is 10.1. The number of carbonyl (C=O) groups is 4. The van der Waals surface area contributed by atoms with Crippen molar-refractivity contribution in [2.24, 2.45) is 0 Å². The second kappa shape index (κ2) is 11.8. The van der Waals surface area contributed by atoms with Crippen molar-refractivity contribution in [3.05, 3.63) is 93.9 Å². The molecule has 1 heterocycles. The molecule has 9 heteroatoms. The van der Waals surface area contributed by atoms with Crippen LogP contribution in [-0.4, -0.2) is 41.0 Å². The van der Waals surface area contributed by atoms with Crippen molar-refractivity contribution in [1.29, 1.82) is 0 Å². The zero-order valence-corrected chi connectivity index (χ0v) is 22.1. The van der Waals surface area contributed by atoms with Crippen LogP contribution < -0.4 is 15.4 Å². The summed E-state index contributed by atoms with van der Waals surface area (Å²) in [6.07, 6.45) is 1.58. The lowest BCUT2D eigenvalue weighted by Crippen LogP contribution is -2.36. The highest BCUT2D eigenvalue weighted by atomic mass is 32.2. The van der Waals surface area contributed by atoms with Gasteiger partial charge in [-0.2, -0.15) is 0 Å². The molecule has 0 unspecified atom stereocenters. The fourth-order valence-corrected chi connectivity index (χ4v) is 4.49. The Morgan fingerprint density at radius 3 is 2.32 bits per heavy atom. The monoisotopic (exact) mass is 529 g/mol. The fourth-order valence-electron chi connectivity index (χ4n) is 3.65. The summed E-state index contributed by atoms with van der Waals surface area (Å²) in [5.74, 6) is -0.773. The van der Waals surface area contributed by atoms with Crippen molar-refractivity contribution in [2.75, 3.05) is 23.8 Å². The average molecular weight is 530 g/mol. The number of hydrogen-bond acceptors (Lipinski definition) is 6. The molecule has 1 saturated heterocycles. The summed E-state index contributed by atoms with van der Waals surface area (Å²) in [5, 5.41) is 5.03. The molecule has 3 aromatic rings. The predicted molar refractivity (Wildman–Crippen MR) is 149 cm³/mol. The highest BCUT2D eigenvalue weighted by Gasteiger charge is 2.36. The summed E-state index contributed by atoms with van der Waals surface area (Å²) in [6, 6.07) is 19.8. The molecule has 1 aliphatic rings. The van der Waals surface area contributed by atoms with Crippen LogP contribution in [0.2, 0.25) is 0 Å². The number of carbonyl (C=O) groups excluding carboxylic acids is 4. The van der Waals surface area contributed by atoms with Gasteiger partial charge in [-0.05, 0) is 85.6 Å². The molecule has 0 radical (unpaired) electrons. The van der Waals surface area contributed by atoms with Crippen LogP contribution in [0.4, 0.5) is 16.2 Å². The van der Waals surface area contributed by atoms with E-state index in [0.717, 1.165) is 33.4 Å². The first-order valence-corrected chi connectivity index (χ1v) is 12.7. The van der Waals surface area contributed by atoms with E-state index in [1.54, 1.807) is 36.4 Å². The Hall–Kier alpha value is -4.37. The minimum Gasteiger partial charge on any atom is -0.484 e. The highest BCUT2D eigenvalue weighted by Crippen LogP contribution is 2.32. The molecule has 0 aromatic heterocycles. The van der Waals surface area contributed by atoms with E-state index in [4.69, 9.17) is 4.74 Å². The van der Waals surface area contributed by atoms with Crippen LogP contribution in [0.1, 0.15) is 22.3 Å². The van der Waals surface area contributed by atoms with Gasteiger partial charge in [0.25, 0.3) is 17.1 Å². The maximum atomic E-state index is 12.8. The molecule has 3 aromatic carbocycles. The normalized spacial score (nSPS) is 14.1. The second-order valence-electron chi connectivity index (χ2n) is 8.84. The molecule has 1 fully saturated rings. The topological polar surface area (TPSA) is 105 Å². The van der Waals surface area contributed by atoms with Gasteiger partial charge in [-0.15, -0.1) is 0 Å². The quantitative estimate of drug-likeness (QED) is 0.384. The van der Waals surface area contributed by atoms with Gasteiger partial charge in [0.15, 0.2) is 6.61 Å². The molecule has 4 rings (SSSR count). The Kier molecular flexibility index (Phi) is 8.28. The summed E-state index contributed by atoms with van der Waals surface area (Å²) < 4.78 is 5.54. The molecule has 194 valence electrons. The molecule has 1 aliphatic heterocycles. The van der Waals surface area contributed by atoms with Crippen LogP contribution in [-0.2, 0) is 14.4 Å². The van der Waals surface area contributed by atoms with Crippen LogP contribution in [0.15, 0.2) is 71.6 Å². The van der Waals surface area contributed by atoms with E-state index in [0.29, 0.717) is 22.7 Å². The first-order chi connectivity index (χ1) is 18.2. The number of anilines is 2. The van der Waals surface area contributed by atoms with Gasteiger partial charge in [-0.1, -0.05) is 42.0 Å². The SMILES string of the molecule is Cc1ccc(NC(=O)COc2ccc(/C=C3/SC(=O)N(CC(=O)Nc4cccc(C)c4C)C3=O)cc2)cc1. The van der Waals surface area contributed by atoms with E-state index in [1.807, 2.05) is 57.2 Å². The molecule has 0 atom stereocenters. The van der Waals surface area contributed by atoms with Crippen LogP contribution in [0.3, 0.4) is 0 Å². The van der Waals surface area contributed by atoms with Crippen molar-refractivity contribution >= 4 is 52.2 Å². The molecule has 8 nitrogen and oxygen atoms in total. The molecular formula is C29H27N3O5S. The molecule has 38 heavy (non-hydrogen) atoms. The number of imide groups is 1. The van der Waals surface area contributed by atoms with Crippen molar-refractivity contribution in [1.82, 2.24) is 4.90 Å². The van der Waals surface area contributed by atoms with E-state index < -0.39 is 17.1 Å². The summed E-state index contributed by atoms with van der Waals surface area (Å²) in [5.41, 5.74) is 5.06. The zero-order valence-electron chi connectivity index (χ0n) is 21.2. The van der Waals surface area contributed by atoms with Crippen molar-refractivity contribution < 1.29 is 23.9 Å². The van der Waals surface area contributed by atoms with Crippen LogP contribution in [0.5, 0.6) is 5.75 Å². The number of rotatable bonds is 8. The van der Waals surface area contributed by atoms with E-state index in [2.05, 4.69) is 10.6 Å². The van der Waals surface area contributed by atoms with Crippen LogP contribution in [0, 0.1) is 20.8 Å². The maximum Gasteiger partial charge on any atom is 0.294 e. The van der Waals surface area contributed by atoms with E-state index in [1.165, 1.54) is 0 Å². The molecule has 4 amide bonds. The van der Waals surface area contributed by atoms with Gasteiger partial charge in [0.2, 0.25) is 5.91 Å². The van der Waals surface area contributed by atoms with E-state index in [9.17, 15) is 19.2 Å². The van der Waals surface area contributed by atoms with Crippen molar-refractivity contribution in [2.45, 2.75) is 20.8 Å². The van der Waals surface area contributed by atoms with Crippen LogP contribution >= 0.6 is 11.8 Å². The number of benzene rings is 3. The van der Waals surface area contributed by atoms with E-state index in [-0.39, 0.29) is 24.0 Å². The molecular weight excluding hydrogens is 502 g/mol. The minimum atomic E-state index is -0.524. The Labute approximate surface area is 225 Å². The van der Waals surface area contributed by atoms with Crippen molar-refractivity contribution in [3.8, 4) is 5.75 Å². The zero-order chi connectivity index (χ0) is 27.2. The average Bonchev–Trinajstić information content (AvgIpc) is 3.15. The highest BCUT2D eigenvalue weighted by molar-refractivity contribution is 8.18. The second-order valence-corrected chi connectivity index (χ2v) is 9.83. The first-order valence-electron chi connectivity index (χ1n) is 11.9. The number of amides is 4. The lowest BCUT2D eigenvalue weighted by Gasteiger charge is -2.14. The van der Waals surface area contributed by atoms with Gasteiger partial charge in [0, 0.05) is 11.4 Å². The molecule has 0 saturated carbocycles. The first kappa shape index (κ1) is 26.7. The summed E-state index contributed by atoms with van der Waals surface area (Å²) in [6.45, 7) is 5.28. The maximum absolute atomic E-state index is 12.8. The smallest absolute Gasteiger partial charge is 0.294 e. The molecule has 0 bridgehead atoms. The Bertz CT molecular complexity index is 1420. The number of nitrogens with one attached hydrogen (secondary N) is 2. The number of aryl methyl sites for hydroxylation is 2. The minimum absolute atomic E-state index is 0.156. The van der Waals surface area contributed by atoms with Crippen LogP contribution in [0.25, 0.3) is 6.08 Å². The Morgan fingerprint density at radius 1 is 0.895 bits per heavy atom. The van der Waals surface area contributed by atoms with Gasteiger partial charge in [0.05, 0.1) is 4.91 Å². The van der Waals surface area contributed by atoms with Gasteiger partial charge in [0.1, 0.15) is 12.3 Å². The Balaban J connectivity index is 1.31. The van der Waals surface area contributed by atoms with Gasteiger partial charge in [-0.3, -0.25) is 24.1 Å². The van der Waals surface area contributed by atoms with Gasteiger partial charge in [-0.25, -0.2) is 0 Å². The standard InChI is InChI=1S/C29H27N3O5S/c1-18-7-11-22(12-8-18)30-27(34)17-37-23-13-9-21(10-14-23)15-25-28(35)32(29(36)38-25)16-26(33)31-24-6-4-5-19(2)20(24)3/h4-15H,16-17H2,1-3H3,(H,30,34)(H,31,33)/b25-15+. The lowest BCUT2D eigenvalue weighted by molar-refractivity contribution is -0.127. The summed E-state index contributed by atoms with van der Waals surface area (Å²) >= 11 is 0.785. The number of ether oxygens (including phenoxy) is 1. The number of thioether (sulfide) groups is 1. The largest absolute Gasteiger partial charge is 0.484 e. The van der Waals surface area contributed by atoms with E-state index >= 15 is 0 Å². The molecule has 0 aliphatic carbocycles. The van der Waals surface area contributed by atoms with Crippen molar-refractivity contribution in [3.63, 3.8) is 0 Å². The number of hydrogen-bond donors (Lipinski definition) is 2. The fraction of sp³-hybridized carbons (Fsp3) is 0.172. The molecule has 2 N–H and O–H groups in total. The van der Waals surface area contributed by atoms with Gasteiger partial charge >= 0.3 is 0 Å². The third kappa shape index (κ3) is 6.68. The third-order valence-electron chi connectivity index (χ3n) is 5.94. The summed E-state index contributed by atoms with van der Waals surface area (Å²) in [4.78, 5) is 51.0. The predicted octanol–water partition coefficient (Wildman–Crippen LogP) is 5.30. The number of nitrogens with zero attached hydrogens (tertiary/aromatic N) is 1.